The Balaban J connectivity index is 1.75. The summed E-state index contributed by atoms with van der Waals surface area (Å²) in [6, 6.07) is 1.30. The van der Waals surface area contributed by atoms with Crippen LogP contribution >= 0.6 is 11.3 Å². The van der Waals surface area contributed by atoms with Crippen LogP contribution in [0.2, 0.25) is 0 Å². The fourth-order valence-electron chi connectivity index (χ4n) is 3.86. The summed E-state index contributed by atoms with van der Waals surface area (Å²) in [7, 11) is 0. The maximum atomic E-state index is 4.66. The molecule has 2 atom stereocenters. The minimum absolute atomic E-state index is 0.583. The van der Waals surface area contributed by atoms with Gasteiger partial charge in [0.05, 0.1) is 10.2 Å². The molecule has 0 radical (unpaired) electrons. The molecule has 0 aromatic carbocycles. The number of fused-ring (bicyclic) bond motifs is 2. The summed E-state index contributed by atoms with van der Waals surface area (Å²) >= 11 is 1.79. The summed E-state index contributed by atoms with van der Waals surface area (Å²) in [5, 5.41) is 2.20. The van der Waals surface area contributed by atoms with Crippen LogP contribution in [-0.2, 0) is 0 Å². The number of nitrogens with zero attached hydrogens (tertiary/aromatic N) is 4. The molecule has 0 spiro atoms. The van der Waals surface area contributed by atoms with Crippen LogP contribution in [0.1, 0.15) is 31.7 Å². The van der Waals surface area contributed by atoms with E-state index in [1.54, 1.807) is 17.7 Å². The van der Waals surface area contributed by atoms with Crippen LogP contribution < -0.4 is 4.90 Å². The SMILES string of the molecule is CC[C@@H]1CN2CCC[C@H]2CN1c1ncnc2c(C)csc12. The molecule has 0 saturated carbocycles. The number of aromatic nitrogens is 2. The van der Waals surface area contributed by atoms with Gasteiger partial charge in [0.15, 0.2) is 0 Å². The van der Waals surface area contributed by atoms with E-state index in [1.807, 2.05) is 0 Å². The molecule has 4 heterocycles. The molecule has 21 heavy (non-hydrogen) atoms. The second-order valence-corrected chi connectivity index (χ2v) is 7.18. The first kappa shape index (κ1) is 13.5. The van der Waals surface area contributed by atoms with E-state index >= 15 is 0 Å². The predicted molar refractivity (Wildman–Crippen MR) is 88.2 cm³/mol. The minimum Gasteiger partial charge on any atom is -0.349 e. The number of thiophene rings is 1. The van der Waals surface area contributed by atoms with Gasteiger partial charge >= 0.3 is 0 Å². The van der Waals surface area contributed by atoms with E-state index in [9.17, 15) is 0 Å². The topological polar surface area (TPSA) is 32.3 Å². The van der Waals surface area contributed by atoms with Crippen molar-refractivity contribution in [1.82, 2.24) is 14.9 Å². The van der Waals surface area contributed by atoms with Crippen molar-refractivity contribution in [2.45, 2.75) is 45.2 Å². The number of aryl methyl sites for hydroxylation is 1. The molecular formula is C16H22N4S. The summed E-state index contributed by atoms with van der Waals surface area (Å²) in [5.41, 5.74) is 2.40. The monoisotopic (exact) mass is 302 g/mol. The van der Waals surface area contributed by atoms with E-state index < -0.39 is 0 Å². The molecule has 2 aliphatic rings. The average molecular weight is 302 g/mol. The fraction of sp³-hybridized carbons (Fsp3) is 0.625. The van der Waals surface area contributed by atoms with Crippen molar-refractivity contribution < 1.29 is 0 Å². The Labute approximate surface area is 129 Å². The molecule has 0 unspecified atom stereocenters. The van der Waals surface area contributed by atoms with Gasteiger partial charge in [-0.15, -0.1) is 11.3 Å². The Morgan fingerprint density at radius 2 is 2.24 bits per heavy atom. The number of hydrogen-bond acceptors (Lipinski definition) is 5. The largest absolute Gasteiger partial charge is 0.349 e. The van der Waals surface area contributed by atoms with E-state index in [2.05, 4.69) is 39.0 Å². The number of piperazine rings is 1. The van der Waals surface area contributed by atoms with Crippen molar-refractivity contribution in [3.8, 4) is 0 Å². The molecule has 4 nitrogen and oxygen atoms in total. The fourth-order valence-corrected chi connectivity index (χ4v) is 4.87. The van der Waals surface area contributed by atoms with Gasteiger partial charge in [-0.25, -0.2) is 9.97 Å². The molecule has 2 aliphatic heterocycles. The lowest BCUT2D eigenvalue weighted by Gasteiger charge is -2.44. The van der Waals surface area contributed by atoms with Crippen molar-refractivity contribution in [2.24, 2.45) is 0 Å². The molecule has 4 rings (SSSR count). The van der Waals surface area contributed by atoms with Crippen LogP contribution in [0.3, 0.4) is 0 Å². The summed E-state index contributed by atoms with van der Waals surface area (Å²) in [5.74, 6) is 1.16. The molecule has 0 aliphatic carbocycles. The second kappa shape index (κ2) is 5.21. The molecule has 5 heteroatoms. The third-order valence-corrected chi connectivity index (χ3v) is 6.13. The highest BCUT2D eigenvalue weighted by atomic mass is 32.1. The lowest BCUT2D eigenvalue weighted by Crippen LogP contribution is -2.56. The zero-order valence-corrected chi connectivity index (χ0v) is 13.6. The maximum absolute atomic E-state index is 4.66. The maximum Gasteiger partial charge on any atom is 0.150 e. The average Bonchev–Trinajstić information content (AvgIpc) is 3.12. The normalized spacial score (nSPS) is 26.5. The standard InChI is InChI=1S/C16H22N4S/c1-3-12-7-19-6-4-5-13(19)8-20(12)16-15-14(17-10-18-16)11(2)9-21-15/h9-10,12-13H,3-8H2,1-2H3/t12-,13+/m1/s1. The quantitative estimate of drug-likeness (QED) is 0.853. The molecular weight excluding hydrogens is 280 g/mol. The van der Waals surface area contributed by atoms with E-state index in [-0.39, 0.29) is 0 Å². The van der Waals surface area contributed by atoms with Gasteiger partial charge in [0.1, 0.15) is 12.1 Å². The number of anilines is 1. The Bertz CT molecular complexity index is 653. The van der Waals surface area contributed by atoms with Crippen molar-refractivity contribution in [2.75, 3.05) is 24.5 Å². The van der Waals surface area contributed by atoms with Crippen LogP contribution in [0.4, 0.5) is 5.82 Å². The van der Waals surface area contributed by atoms with Gasteiger partial charge in [-0.05, 0) is 43.7 Å². The highest BCUT2D eigenvalue weighted by Crippen LogP contribution is 2.35. The van der Waals surface area contributed by atoms with Crippen LogP contribution in [-0.4, -0.2) is 46.6 Å². The molecule has 0 amide bonds. The van der Waals surface area contributed by atoms with Gasteiger partial charge in [0, 0.05) is 25.2 Å². The Morgan fingerprint density at radius 3 is 3.10 bits per heavy atom. The Hall–Kier alpha value is -1.20. The van der Waals surface area contributed by atoms with Gasteiger partial charge in [-0.2, -0.15) is 0 Å². The molecule has 2 aromatic heterocycles. The third kappa shape index (κ3) is 2.14. The van der Waals surface area contributed by atoms with Gasteiger partial charge in [-0.1, -0.05) is 6.92 Å². The smallest absolute Gasteiger partial charge is 0.150 e. The highest BCUT2D eigenvalue weighted by molar-refractivity contribution is 7.18. The van der Waals surface area contributed by atoms with E-state index in [0.717, 1.165) is 23.9 Å². The third-order valence-electron chi connectivity index (χ3n) is 5.05. The van der Waals surface area contributed by atoms with Gasteiger partial charge < -0.3 is 4.90 Å². The lowest BCUT2D eigenvalue weighted by molar-refractivity contribution is 0.194. The van der Waals surface area contributed by atoms with Gasteiger partial charge in [-0.3, -0.25) is 4.90 Å². The minimum atomic E-state index is 0.583. The predicted octanol–water partition coefficient (Wildman–Crippen LogP) is 3.06. The molecule has 2 aromatic rings. The first-order valence-corrected chi connectivity index (χ1v) is 8.85. The summed E-state index contributed by atoms with van der Waals surface area (Å²) in [6.07, 6.45) is 5.61. The van der Waals surface area contributed by atoms with Crippen LogP contribution in [0, 0.1) is 6.92 Å². The molecule has 0 N–H and O–H groups in total. The van der Waals surface area contributed by atoms with Crippen LogP contribution in [0.15, 0.2) is 11.7 Å². The second-order valence-electron chi connectivity index (χ2n) is 6.30. The van der Waals surface area contributed by atoms with Gasteiger partial charge in [0.25, 0.3) is 0 Å². The van der Waals surface area contributed by atoms with Crippen LogP contribution in [0.25, 0.3) is 10.2 Å². The number of hydrogen-bond donors (Lipinski definition) is 0. The Kier molecular flexibility index (Phi) is 3.34. The first-order valence-electron chi connectivity index (χ1n) is 7.97. The zero-order chi connectivity index (χ0) is 14.4. The van der Waals surface area contributed by atoms with E-state index in [1.165, 1.54) is 42.6 Å². The molecule has 2 fully saturated rings. The van der Waals surface area contributed by atoms with Crippen molar-refractivity contribution in [3.63, 3.8) is 0 Å². The zero-order valence-electron chi connectivity index (χ0n) is 12.7. The van der Waals surface area contributed by atoms with Crippen LogP contribution in [0.5, 0.6) is 0 Å². The number of rotatable bonds is 2. The van der Waals surface area contributed by atoms with Crippen molar-refractivity contribution in [1.29, 1.82) is 0 Å². The summed E-state index contributed by atoms with van der Waals surface area (Å²) < 4.78 is 1.26. The van der Waals surface area contributed by atoms with Crippen molar-refractivity contribution in [3.05, 3.63) is 17.3 Å². The lowest BCUT2D eigenvalue weighted by atomic mass is 10.0. The summed E-state index contributed by atoms with van der Waals surface area (Å²) in [6.45, 7) is 8.04. The van der Waals surface area contributed by atoms with Crippen molar-refractivity contribution >= 4 is 27.4 Å². The van der Waals surface area contributed by atoms with E-state index in [4.69, 9.17) is 0 Å². The Morgan fingerprint density at radius 1 is 1.33 bits per heavy atom. The first-order chi connectivity index (χ1) is 10.3. The molecule has 2 saturated heterocycles. The van der Waals surface area contributed by atoms with E-state index in [0.29, 0.717) is 6.04 Å². The van der Waals surface area contributed by atoms with Gasteiger partial charge in [0.2, 0.25) is 0 Å². The molecule has 0 bridgehead atoms. The molecule has 112 valence electrons. The summed E-state index contributed by atoms with van der Waals surface area (Å²) in [4.78, 5) is 14.4. The highest BCUT2D eigenvalue weighted by Gasteiger charge is 2.36.